The lowest BCUT2D eigenvalue weighted by atomic mass is 10.1. The van der Waals surface area contributed by atoms with Crippen LogP contribution < -0.4 is 0 Å². The first-order valence-electron chi connectivity index (χ1n) is 10.4. The van der Waals surface area contributed by atoms with E-state index in [1.807, 2.05) is 18.6 Å². The SMILES string of the molecule is C1CCOC1.c1cncc(-c2cccc(-n3cnc4cc(C5CC5)ccc43)c2)c1. The molecule has 0 bridgehead atoms. The number of fused-ring (bicyclic) bond motifs is 1. The molecule has 0 spiro atoms. The zero-order valence-corrected chi connectivity index (χ0v) is 16.5. The second kappa shape index (κ2) is 8.18. The molecule has 4 nitrogen and oxygen atoms in total. The molecule has 0 atom stereocenters. The molecule has 4 aromatic rings. The fourth-order valence-corrected chi connectivity index (χ4v) is 3.79. The Morgan fingerprint density at radius 2 is 1.76 bits per heavy atom. The van der Waals surface area contributed by atoms with Crippen LogP contribution in [0.15, 0.2) is 73.3 Å². The van der Waals surface area contributed by atoms with E-state index in [1.54, 1.807) is 6.20 Å². The highest BCUT2D eigenvalue weighted by atomic mass is 16.5. The van der Waals surface area contributed by atoms with Gasteiger partial charge in [-0.05, 0) is 73.1 Å². The van der Waals surface area contributed by atoms with Crippen molar-refractivity contribution >= 4 is 11.0 Å². The minimum Gasteiger partial charge on any atom is -0.381 e. The summed E-state index contributed by atoms with van der Waals surface area (Å²) in [5.74, 6) is 0.758. The van der Waals surface area contributed by atoms with E-state index >= 15 is 0 Å². The van der Waals surface area contributed by atoms with Crippen molar-refractivity contribution in [2.45, 2.75) is 31.6 Å². The van der Waals surface area contributed by atoms with Crippen LogP contribution in [0.5, 0.6) is 0 Å². The van der Waals surface area contributed by atoms with E-state index in [9.17, 15) is 0 Å². The standard InChI is InChI=1S/C21H17N3.C4H8O/c1-3-16(18-4-2-10-22-13-18)11-19(5-1)24-14-23-20-12-17(15-6-7-15)8-9-21(20)24;1-2-4-5-3-1/h1-5,8-15H,6-7H2;1-4H2. The van der Waals surface area contributed by atoms with Gasteiger partial charge in [0.05, 0.1) is 11.0 Å². The van der Waals surface area contributed by atoms with Gasteiger partial charge in [-0.2, -0.15) is 0 Å². The molecular formula is C25H25N3O. The number of imidazole rings is 1. The third kappa shape index (κ3) is 4.08. The van der Waals surface area contributed by atoms with E-state index < -0.39 is 0 Å². The number of hydrogen-bond acceptors (Lipinski definition) is 3. The Kier molecular flexibility index (Phi) is 5.10. The lowest BCUT2D eigenvalue weighted by molar-refractivity contribution is 0.198. The molecule has 0 radical (unpaired) electrons. The number of nitrogens with zero attached hydrogens (tertiary/aromatic N) is 3. The Labute approximate surface area is 171 Å². The van der Waals surface area contributed by atoms with Crippen LogP contribution in [0, 0.1) is 0 Å². The number of aromatic nitrogens is 3. The Bertz CT molecular complexity index is 1090. The summed E-state index contributed by atoms with van der Waals surface area (Å²) in [4.78, 5) is 8.84. The molecule has 1 saturated heterocycles. The second-order valence-corrected chi connectivity index (χ2v) is 7.75. The van der Waals surface area contributed by atoms with Crippen molar-refractivity contribution in [3.05, 3.63) is 78.9 Å². The van der Waals surface area contributed by atoms with Crippen molar-refractivity contribution < 1.29 is 4.74 Å². The molecule has 1 aliphatic carbocycles. The highest BCUT2D eigenvalue weighted by Gasteiger charge is 2.23. The highest BCUT2D eigenvalue weighted by molar-refractivity contribution is 5.79. The average molecular weight is 383 g/mol. The van der Waals surface area contributed by atoms with Crippen LogP contribution >= 0.6 is 0 Å². The highest BCUT2D eigenvalue weighted by Crippen LogP contribution is 2.40. The van der Waals surface area contributed by atoms with Gasteiger partial charge in [-0.3, -0.25) is 9.55 Å². The van der Waals surface area contributed by atoms with Gasteiger partial charge in [0.15, 0.2) is 0 Å². The van der Waals surface area contributed by atoms with Crippen molar-refractivity contribution in [3.63, 3.8) is 0 Å². The first-order valence-corrected chi connectivity index (χ1v) is 10.4. The van der Waals surface area contributed by atoms with Crippen molar-refractivity contribution in [1.29, 1.82) is 0 Å². The number of rotatable bonds is 3. The molecule has 2 fully saturated rings. The third-order valence-electron chi connectivity index (χ3n) is 5.57. The van der Waals surface area contributed by atoms with Gasteiger partial charge in [-0.25, -0.2) is 4.98 Å². The second-order valence-electron chi connectivity index (χ2n) is 7.75. The van der Waals surface area contributed by atoms with Crippen molar-refractivity contribution in [1.82, 2.24) is 14.5 Å². The molecule has 0 amide bonds. The van der Waals surface area contributed by atoms with Gasteiger partial charge in [0.1, 0.15) is 6.33 Å². The molecule has 2 aliphatic rings. The van der Waals surface area contributed by atoms with Crippen LogP contribution in [0.25, 0.3) is 27.8 Å². The van der Waals surface area contributed by atoms with Crippen LogP contribution in [0.4, 0.5) is 0 Å². The molecular weight excluding hydrogens is 358 g/mol. The van der Waals surface area contributed by atoms with Crippen LogP contribution in [0.3, 0.4) is 0 Å². The van der Waals surface area contributed by atoms with Gasteiger partial charge in [0.25, 0.3) is 0 Å². The zero-order chi connectivity index (χ0) is 19.5. The molecule has 0 N–H and O–H groups in total. The fourth-order valence-electron chi connectivity index (χ4n) is 3.79. The molecule has 146 valence electrons. The lowest BCUT2D eigenvalue weighted by Gasteiger charge is -2.08. The number of ether oxygens (including phenoxy) is 1. The molecule has 4 heteroatoms. The number of hydrogen-bond donors (Lipinski definition) is 0. The molecule has 3 heterocycles. The smallest absolute Gasteiger partial charge is 0.100 e. The van der Waals surface area contributed by atoms with Gasteiger partial charge in [-0.15, -0.1) is 0 Å². The molecule has 29 heavy (non-hydrogen) atoms. The topological polar surface area (TPSA) is 39.9 Å². The largest absolute Gasteiger partial charge is 0.381 e. The van der Waals surface area contributed by atoms with Gasteiger partial charge in [0, 0.05) is 36.9 Å². The van der Waals surface area contributed by atoms with Crippen molar-refractivity contribution in [2.75, 3.05) is 13.2 Å². The molecule has 2 aromatic carbocycles. The molecule has 6 rings (SSSR count). The normalized spacial score (nSPS) is 15.9. The van der Waals surface area contributed by atoms with Crippen LogP contribution in [-0.2, 0) is 4.74 Å². The Balaban J connectivity index is 0.000000319. The van der Waals surface area contributed by atoms with E-state index in [1.165, 1.54) is 31.2 Å². The summed E-state index contributed by atoms with van der Waals surface area (Å²) in [5.41, 5.74) is 7.07. The zero-order valence-electron chi connectivity index (χ0n) is 16.5. The minimum atomic E-state index is 0.758. The summed E-state index contributed by atoms with van der Waals surface area (Å²) in [6.45, 7) is 2.00. The number of pyridine rings is 1. The first-order chi connectivity index (χ1) is 14.4. The van der Waals surface area contributed by atoms with Gasteiger partial charge in [0.2, 0.25) is 0 Å². The summed E-state index contributed by atoms with van der Waals surface area (Å²) in [6.07, 6.45) is 10.8. The van der Waals surface area contributed by atoms with Gasteiger partial charge in [-0.1, -0.05) is 24.3 Å². The maximum atomic E-state index is 4.94. The van der Waals surface area contributed by atoms with Crippen LogP contribution in [0.1, 0.15) is 37.2 Å². The van der Waals surface area contributed by atoms with Gasteiger partial charge >= 0.3 is 0 Å². The van der Waals surface area contributed by atoms with Crippen LogP contribution in [0.2, 0.25) is 0 Å². The average Bonchev–Trinajstić information content (AvgIpc) is 3.27. The molecule has 0 unspecified atom stereocenters. The molecule has 1 saturated carbocycles. The maximum Gasteiger partial charge on any atom is 0.100 e. The summed E-state index contributed by atoms with van der Waals surface area (Å²) in [6, 6.07) is 19.3. The van der Waals surface area contributed by atoms with E-state index in [0.29, 0.717) is 0 Å². The number of benzene rings is 2. The Morgan fingerprint density at radius 1 is 0.897 bits per heavy atom. The van der Waals surface area contributed by atoms with E-state index in [-0.39, 0.29) is 0 Å². The predicted octanol–water partition coefficient (Wildman–Crippen LogP) is 5.76. The Morgan fingerprint density at radius 3 is 2.48 bits per heavy atom. The van der Waals surface area contributed by atoms with E-state index in [4.69, 9.17) is 4.74 Å². The van der Waals surface area contributed by atoms with Crippen molar-refractivity contribution in [2.24, 2.45) is 0 Å². The third-order valence-corrected chi connectivity index (χ3v) is 5.57. The van der Waals surface area contributed by atoms with Gasteiger partial charge < -0.3 is 4.74 Å². The van der Waals surface area contributed by atoms with Crippen LogP contribution in [-0.4, -0.2) is 27.7 Å². The fraction of sp³-hybridized carbons (Fsp3) is 0.280. The summed E-state index contributed by atoms with van der Waals surface area (Å²) >= 11 is 0. The van der Waals surface area contributed by atoms with E-state index in [0.717, 1.165) is 47.0 Å². The first kappa shape index (κ1) is 18.1. The molecule has 1 aliphatic heterocycles. The summed E-state index contributed by atoms with van der Waals surface area (Å²) in [5, 5.41) is 0. The summed E-state index contributed by atoms with van der Waals surface area (Å²) in [7, 11) is 0. The van der Waals surface area contributed by atoms with E-state index in [2.05, 4.69) is 63.1 Å². The Hall–Kier alpha value is -2.98. The molecule has 2 aromatic heterocycles. The lowest BCUT2D eigenvalue weighted by Crippen LogP contribution is -1.92. The quantitative estimate of drug-likeness (QED) is 0.451. The predicted molar refractivity (Wildman–Crippen MR) is 116 cm³/mol. The monoisotopic (exact) mass is 383 g/mol. The minimum absolute atomic E-state index is 0.758. The summed E-state index contributed by atoms with van der Waals surface area (Å²) < 4.78 is 7.10. The maximum absolute atomic E-state index is 4.94. The van der Waals surface area contributed by atoms with Crippen molar-refractivity contribution in [3.8, 4) is 16.8 Å².